The van der Waals surface area contributed by atoms with Crippen LogP contribution in [0, 0.1) is 0 Å². The van der Waals surface area contributed by atoms with Gasteiger partial charge in [0.2, 0.25) is 0 Å². The van der Waals surface area contributed by atoms with Gasteiger partial charge in [-0.3, -0.25) is 0 Å². The normalized spacial score (nSPS) is 8.60. The van der Waals surface area contributed by atoms with Crippen molar-refractivity contribution in [1.82, 2.24) is 9.97 Å². The lowest BCUT2D eigenvalue weighted by Crippen LogP contribution is -1.90. The monoisotopic (exact) mass is 265 g/mol. The fourth-order valence-corrected chi connectivity index (χ4v) is 1.13. The zero-order valence-corrected chi connectivity index (χ0v) is 9.99. The lowest BCUT2D eigenvalue weighted by molar-refractivity contribution is 1.30. The molecule has 0 aromatic carbocycles. The highest BCUT2D eigenvalue weighted by atomic mass is 35.5. The molecular weight excluding hydrogens is 256 g/mol. The van der Waals surface area contributed by atoms with Gasteiger partial charge in [-0.25, -0.2) is 4.98 Å². The number of hydrogen-bond donors (Lipinski definition) is 2. The molecule has 15 heavy (non-hydrogen) atoms. The van der Waals surface area contributed by atoms with Crippen molar-refractivity contribution in [3.63, 3.8) is 0 Å². The zero-order chi connectivity index (χ0) is 9.10. The van der Waals surface area contributed by atoms with Crippen molar-refractivity contribution in [2.75, 3.05) is 5.32 Å². The minimum absolute atomic E-state index is 0. The van der Waals surface area contributed by atoms with E-state index in [1.54, 1.807) is 12.3 Å². The highest BCUT2D eigenvalue weighted by molar-refractivity contribution is 6.29. The minimum atomic E-state index is 0. The van der Waals surface area contributed by atoms with Gasteiger partial charge in [-0.15, -0.1) is 24.8 Å². The second kappa shape index (κ2) is 6.56. The van der Waals surface area contributed by atoms with Crippen LogP contribution in [-0.4, -0.2) is 9.97 Å². The Morgan fingerprint density at radius 2 is 2.00 bits per heavy atom. The third-order valence-corrected chi connectivity index (χ3v) is 1.83. The molecule has 0 saturated carbocycles. The van der Waals surface area contributed by atoms with Gasteiger partial charge in [0.15, 0.2) is 0 Å². The van der Waals surface area contributed by atoms with E-state index in [1.807, 2.05) is 24.4 Å². The molecule has 2 aromatic rings. The Balaban J connectivity index is 0.000000980. The molecule has 0 aliphatic heterocycles. The number of nitrogens with one attached hydrogen (secondary N) is 2. The van der Waals surface area contributed by atoms with E-state index in [4.69, 9.17) is 11.6 Å². The summed E-state index contributed by atoms with van der Waals surface area (Å²) in [5.41, 5.74) is 0.909. The van der Waals surface area contributed by atoms with Gasteiger partial charge in [-0.2, -0.15) is 0 Å². The Bertz CT molecular complexity index is 372. The molecular formula is C9H10Cl3N3. The van der Waals surface area contributed by atoms with Crippen molar-refractivity contribution < 1.29 is 0 Å². The molecule has 6 heteroatoms. The molecule has 2 heterocycles. The molecule has 0 fully saturated rings. The van der Waals surface area contributed by atoms with Crippen molar-refractivity contribution in [2.45, 2.75) is 0 Å². The maximum absolute atomic E-state index is 5.65. The fraction of sp³-hybridized carbons (Fsp3) is 0. The first-order chi connectivity index (χ1) is 6.34. The van der Waals surface area contributed by atoms with Crippen LogP contribution in [0.3, 0.4) is 0 Å². The van der Waals surface area contributed by atoms with Gasteiger partial charge in [0.25, 0.3) is 0 Å². The summed E-state index contributed by atoms with van der Waals surface area (Å²) < 4.78 is 0. The van der Waals surface area contributed by atoms with Crippen molar-refractivity contribution in [1.29, 1.82) is 0 Å². The number of H-pyrrole nitrogens is 1. The predicted molar refractivity (Wildman–Crippen MR) is 67.8 cm³/mol. The average Bonchev–Trinajstić information content (AvgIpc) is 2.62. The Labute approximate surface area is 105 Å². The molecule has 3 nitrogen and oxygen atoms in total. The molecule has 82 valence electrons. The summed E-state index contributed by atoms with van der Waals surface area (Å²) in [6.07, 6.45) is 3.54. The number of halogens is 3. The third-order valence-electron chi connectivity index (χ3n) is 1.60. The van der Waals surface area contributed by atoms with Crippen molar-refractivity contribution in [3.8, 4) is 0 Å². The Hall–Kier alpha value is -0.900. The SMILES string of the molecule is Cl.Cl.Clc1ccc(Nc2ccc[nH]2)cn1. The molecule has 0 amide bonds. The summed E-state index contributed by atoms with van der Waals surface area (Å²) in [6, 6.07) is 7.48. The smallest absolute Gasteiger partial charge is 0.129 e. The topological polar surface area (TPSA) is 40.7 Å². The van der Waals surface area contributed by atoms with Crippen LogP contribution < -0.4 is 5.32 Å². The van der Waals surface area contributed by atoms with Crippen molar-refractivity contribution >= 4 is 47.9 Å². The predicted octanol–water partition coefficient (Wildman–Crippen LogP) is 3.65. The zero-order valence-electron chi connectivity index (χ0n) is 7.61. The van der Waals surface area contributed by atoms with E-state index in [0.717, 1.165) is 11.5 Å². The van der Waals surface area contributed by atoms with Crippen LogP contribution in [0.25, 0.3) is 0 Å². The standard InChI is InChI=1S/C9H8ClN3.2ClH/c10-8-4-3-7(6-12-8)13-9-2-1-5-11-9;;/h1-6,11,13H;2*1H. The molecule has 0 aliphatic carbocycles. The largest absolute Gasteiger partial charge is 0.348 e. The third kappa shape index (κ3) is 4.00. The summed E-state index contributed by atoms with van der Waals surface area (Å²) >= 11 is 5.65. The molecule has 0 spiro atoms. The second-order valence-corrected chi connectivity index (χ2v) is 2.97. The van der Waals surface area contributed by atoms with Gasteiger partial charge in [-0.1, -0.05) is 11.6 Å². The molecule has 0 saturated heterocycles. The molecule has 2 rings (SSSR count). The van der Waals surface area contributed by atoms with Crippen LogP contribution in [0.4, 0.5) is 11.5 Å². The van der Waals surface area contributed by atoms with Crippen LogP contribution in [0.1, 0.15) is 0 Å². The van der Waals surface area contributed by atoms with E-state index < -0.39 is 0 Å². The lowest BCUT2D eigenvalue weighted by Gasteiger charge is -2.02. The second-order valence-electron chi connectivity index (χ2n) is 2.58. The van der Waals surface area contributed by atoms with Crippen LogP contribution >= 0.6 is 36.4 Å². The van der Waals surface area contributed by atoms with Crippen molar-refractivity contribution in [3.05, 3.63) is 41.8 Å². The lowest BCUT2D eigenvalue weighted by atomic mass is 10.4. The summed E-state index contributed by atoms with van der Waals surface area (Å²) in [7, 11) is 0. The van der Waals surface area contributed by atoms with E-state index in [0.29, 0.717) is 5.15 Å². The first-order valence-electron chi connectivity index (χ1n) is 3.86. The first kappa shape index (κ1) is 14.1. The van der Waals surface area contributed by atoms with E-state index in [1.165, 1.54) is 0 Å². The number of anilines is 2. The van der Waals surface area contributed by atoms with Crippen LogP contribution in [0.5, 0.6) is 0 Å². The first-order valence-corrected chi connectivity index (χ1v) is 4.24. The highest BCUT2D eigenvalue weighted by Crippen LogP contribution is 2.14. The Morgan fingerprint density at radius 3 is 2.53 bits per heavy atom. The van der Waals surface area contributed by atoms with E-state index in [9.17, 15) is 0 Å². The quantitative estimate of drug-likeness (QED) is 0.815. The molecule has 0 radical (unpaired) electrons. The molecule has 0 aliphatic rings. The number of hydrogen-bond acceptors (Lipinski definition) is 2. The van der Waals surface area contributed by atoms with E-state index in [-0.39, 0.29) is 24.8 Å². The Morgan fingerprint density at radius 1 is 1.20 bits per heavy atom. The number of rotatable bonds is 2. The van der Waals surface area contributed by atoms with Crippen LogP contribution in [-0.2, 0) is 0 Å². The van der Waals surface area contributed by atoms with Crippen LogP contribution in [0.15, 0.2) is 36.7 Å². The minimum Gasteiger partial charge on any atom is -0.348 e. The summed E-state index contributed by atoms with van der Waals surface area (Å²) in [5, 5.41) is 3.63. The fourth-order valence-electron chi connectivity index (χ4n) is 1.01. The molecule has 0 unspecified atom stereocenters. The van der Waals surface area contributed by atoms with Gasteiger partial charge >= 0.3 is 0 Å². The molecule has 0 atom stereocenters. The average molecular weight is 267 g/mol. The van der Waals surface area contributed by atoms with Crippen molar-refractivity contribution in [2.24, 2.45) is 0 Å². The summed E-state index contributed by atoms with van der Waals surface area (Å²) in [6.45, 7) is 0. The molecule has 2 N–H and O–H groups in total. The molecule has 2 aromatic heterocycles. The van der Waals surface area contributed by atoms with Gasteiger partial charge in [0.05, 0.1) is 11.9 Å². The van der Waals surface area contributed by atoms with E-state index in [2.05, 4.69) is 15.3 Å². The van der Waals surface area contributed by atoms with Gasteiger partial charge < -0.3 is 10.3 Å². The maximum Gasteiger partial charge on any atom is 0.129 e. The Kier molecular flexibility index (Phi) is 6.17. The molecule has 0 bridgehead atoms. The number of pyridine rings is 1. The summed E-state index contributed by atoms with van der Waals surface area (Å²) in [4.78, 5) is 6.98. The van der Waals surface area contributed by atoms with Gasteiger partial charge in [0.1, 0.15) is 11.0 Å². The van der Waals surface area contributed by atoms with Gasteiger partial charge in [-0.05, 0) is 24.3 Å². The maximum atomic E-state index is 5.65. The van der Waals surface area contributed by atoms with Crippen LogP contribution in [0.2, 0.25) is 5.15 Å². The van der Waals surface area contributed by atoms with E-state index >= 15 is 0 Å². The number of aromatic nitrogens is 2. The number of nitrogens with zero attached hydrogens (tertiary/aromatic N) is 1. The number of aromatic amines is 1. The van der Waals surface area contributed by atoms with Gasteiger partial charge in [0, 0.05) is 6.20 Å². The highest BCUT2D eigenvalue weighted by Gasteiger charge is 1.94. The summed E-state index contributed by atoms with van der Waals surface area (Å²) in [5.74, 6) is 0.934.